The van der Waals surface area contributed by atoms with E-state index in [1.807, 2.05) is 10.9 Å². The second-order valence-corrected chi connectivity index (χ2v) is 4.63. The maximum absolute atomic E-state index is 9.04. The number of aliphatic hydroxyl groups excluding tert-OH is 1. The van der Waals surface area contributed by atoms with Crippen LogP contribution in [0.5, 0.6) is 0 Å². The van der Waals surface area contributed by atoms with Gasteiger partial charge in [-0.3, -0.25) is 4.68 Å². The van der Waals surface area contributed by atoms with Gasteiger partial charge < -0.3 is 10.4 Å². The molecule has 16 heavy (non-hydrogen) atoms. The Morgan fingerprint density at radius 3 is 2.81 bits per heavy atom. The summed E-state index contributed by atoms with van der Waals surface area (Å²) in [6.07, 6.45) is 4.90. The van der Waals surface area contributed by atoms with Crippen LogP contribution in [0, 0.1) is 5.92 Å². The van der Waals surface area contributed by atoms with Gasteiger partial charge in [0.05, 0.1) is 12.8 Å². The highest BCUT2D eigenvalue weighted by Crippen LogP contribution is 2.02. The van der Waals surface area contributed by atoms with E-state index in [4.69, 9.17) is 5.11 Å². The summed E-state index contributed by atoms with van der Waals surface area (Å²) in [7, 11) is 0. The van der Waals surface area contributed by atoms with Crippen LogP contribution in [0.4, 0.5) is 0 Å². The van der Waals surface area contributed by atoms with Crippen molar-refractivity contribution in [3.63, 3.8) is 0 Å². The van der Waals surface area contributed by atoms with Crippen molar-refractivity contribution < 1.29 is 5.11 Å². The fraction of sp³-hybridized carbons (Fsp3) is 0.750. The van der Waals surface area contributed by atoms with Gasteiger partial charge in [0, 0.05) is 30.9 Å². The first-order valence-corrected chi connectivity index (χ1v) is 6.01. The van der Waals surface area contributed by atoms with E-state index in [1.54, 1.807) is 0 Å². The molecule has 0 saturated carbocycles. The van der Waals surface area contributed by atoms with Crippen LogP contribution < -0.4 is 5.32 Å². The first-order valence-electron chi connectivity index (χ1n) is 6.01. The SMILES string of the molecule is CCC(CO)NCc1cnn(CC(C)C)c1. The van der Waals surface area contributed by atoms with Gasteiger partial charge in [-0.1, -0.05) is 20.8 Å². The minimum atomic E-state index is 0.188. The quantitative estimate of drug-likeness (QED) is 0.737. The topological polar surface area (TPSA) is 50.1 Å². The van der Waals surface area contributed by atoms with Crippen molar-refractivity contribution in [2.24, 2.45) is 5.92 Å². The Morgan fingerprint density at radius 1 is 1.50 bits per heavy atom. The molecule has 4 nitrogen and oxygen atoms in total. The molecule has 0 aliphatic carbocycles. The molecule has 4 heteroatoms. The van der Waals surface area contributed by atoms with Crippen molar-refractivity contribution in [3.05, 3.63) is 18.0 Å². The predicted octanol–water partition coefficient (Wildman–Crippen LogP) is 1.40. The van der Waals surface area contributed by atoms with Gasteiger partial charge in [-0.2, -0.15) is 5.10 Å². The number of aromatic nitrogens is 2. The summed E-state index contributed by atoms with van der Waals surface area (Å²) in [6.45, 7) is 8.35. The second-order valence-electron chi connectivity index (χ2n) is 4.63. The van der Waals surface area contributed by atoms with Gasteiger partial charge in [-0.05, 0) is 12.3 Å². The molecule has 1 unspecified atom stereocenters. The van der Waals surface area contributed by atoms with Gasteiger partial charge in [-0.25, -0.2) is 0 Å². The summed E-state index contributed by atoms with van der Waals surface area (Å²) in [5.41, 5.74) is 1.17. The van der Waals surface area contributed by atoms with Crippen LogP contribution in [0.15, 0.2) is 12.4 Å². The highest BCUT2D eigenvalue weighted by atomic mass is 16.3. The van der Waals surface area contributed by atoms with Crippen molar-refractivity contribution in [1.29, 1.82) is 0 Å². The lowest BCUT2D eigenvalue weighted by Crippen LogP contribution is -2.31. The molecule has 2 N–H and O–H groups in total. The fourth-order valence-electron chi connectivity index (χ4n) is 1.57. The van der Waals surface area contributed by atoms with Crippen LogP contribution in [0.2, 0.25) is 0 Å². The zero-order chi connectivity index (χ0) is 12.0. The first-order chi connectivity index (χ1) is 7.65. The van der Waals surface area contributed by atoms with Gasteiger partial charge in [0.25, 0.3) is 0 Å². The first kappa shape index (κ1) is 13.2. The van der Waals surface area contributed by atoms with Crippen molar-refractivity contribution in [2.45, 2.75) is 46.3 Å². The van der Waals surface area contributed by atoms with Crippen LogP contribution in [-0.2, 0) is 13.1 Å². The third-order valence-corrected chi connectivity index (χ3v) is 2.55. The largest absolute Gasteiger partial charge is 0.395 e. The third-order valence-electron chi connectivity index (χ3n) is 2.55. The Bertz CT molecular complexity index is 292. The van der Waals surface area contributed by atoms with Crippen molar-refractivity contribution >= 4 is 0 Å². The Morgan fingerprint density at radius 2 is 2.25 bits per heavy atom. The molecule has 0 aliphatic heterocycles. The molecule has 1 atom stereocenters. The Labute approximate surface area is 97.7 Å². The molecule has 1 aromatic heterocycles. The predicted molar refractivity (Wildman–Crippen MR) is 65.1 cm³/mol. The minimum absolute atomic E-state index is 0.188. The van der Waals surface area contributed by atoms with E-state index in [-0.39, 0.29) is 12.6 Å². The Hall–Kier alpha value is -0.870. The van der Waals surface area contributed by atoms with E-state index in [9.17, 15) is 0 Å². The molecule has 0 bridgehead atoms. The summed E-state index contributed by atoms with van der Waals surface area (Å²) in [6, 6.07) is 0.188. The molecular weight excluding hydrogens is 202 g/mol. The average molecular weight is 225 g/mol. The monoisotopic (exact) mass is 225 g/mol. The molecule has 0 saturated heterocycles. The molecule has 0 fully saturated rings. The van der Waals surface area contributed by atoms with Gasteiger partial charge in [0.15, 0.2) is 0 Å². The maximum atomic E-state index is 9.04. The van der Waals surface area contributed by atoms with Gasteiger partial charge in [-0.15, -0.1) is 0 Å². The summed E-state index contributed by atoms with van der Waals surface area (Å²) < 4.78 is 1.97. The second kappa shape index (κ2) is 6.66. The van der Waals surface area contributed by atoms with Gasteiger partial charge >= 0.3 is 0 Å². The lowest BCUT2D eigenvalue weighted by atomic mass is 10.2. The number of nitrogens with zero attached hydrogens (tertiary/aromatic N) is 2. The van der Waals surface area contributed by atoms with Crippen LogP contribution >= 0.6 is 0 Å². The number of aliphatic hydroxyl groups is 1. The molecule has 0 spiro atoms. The Kier molecular flexibility index (Phi) is 5.49. The van der Waals surface area contributed by atoms with Crippen LogP contribution in [0.25, 0.3) is 0 Å². The van der Waals surface area contributed by atoms with Crippen molar-refractivity contribution in [3.8, 4) is 0 Å². The van der Waals surface area contributed by atoms with Crippen molar-refractivity contribution in [2.75, 3.05) is 6.61 Å². The number of hydrogen-bond acceptors (Lipinski definition) is 3. The summed E-state index contributed by atoms with van der Waals surface area (Å²) in [4.78, 5) is 0. The lowest BCUT2D eigenvalue weighted by molar-refractivity contribution is 0.238. The smallest absolute Gasteiger partial charge is 0.0584 e. The molecule has 1 aromatic rings. The molecule has 0 aromatic carbocycles. The molecule has 1 heterocycles. The lowest BCUT2D eigenvalue weighted by Gasteiger charge is -2.12. The molecule has 0 radical (unpaired) electrons. The maximum Gasteiger partial charge on any atom is 0.0584 e. The zero-order valence-electron chi connectivity index (χ0n) is 10.5. The number of rotatable bonds is 7. The van der Waals surface area contributed by atoms with E-state index >= 15 is 0 Å². The van der Waals surface area contributed by atoms with Crippen molar-refractivity contribution in [1.82, 2.24) is 15.1 Å². The normalized spacial score (nSPS) is 13.3. The van der Waals surface area contributed by atoms with E-state index < -0.39 is 0 Å². The van der Waals surface area contributed by atoms with Gasteiger partial charge in [0.2, 0.25) is 0 Å². The average Bonchev–Trinajstić information content (AvgIpc) is 2.66. The van der Waals surface area contributed by atoms with Crippen LogP contribution in [0.1, 0.15) is 32.8 Å². The molecule has 1 rings (SSSR count). The minimum Gasteiger partial charge on any atom is -0.395 e. The molecule has 0 aliphatic rings. The van der Waals surface area contributed by atoms with Crippen LogP contribution in [-0.4, -0.2) is 27.5 Å². The summed E-state index contributed by atoms with van der Waals surface area (Å²) >= 11 is 0. The van der Waals surface area contributed by atoms with E-state index in [0.717, 1.165) is 19.5 Å². The molecule has 0 amide bonds. The Balaban J connectivity index is 2.39. The zero-order valence-corrected chi connectivity index (χ0v) is 10.5. The number of nitrogens with one attached hydrogen (secondary N) is 1. The van der Waals surface area contributed by atoms with E-state index in [2.05, 4.69) is 37.4 Å². The molecule has 92 valence electrons. The van der Waals surface area contributed by atoms with E-state index in [0.29, 0.717) is 5.92 Å². The standard InChI is InChI=1S/C12H23N3O/c1-4-12(9-16)13-5-11-6-14-15(8-11)7-10(2)3/h6,8,10,12-13,16H,4-5,7,9H2,1-3H3. The van der Waals surface area contributed by atoms with Gasteiger partial charge in [0.1, 0.15) is 0 Å². The highest BCUT2D eigenvalue weighted by Gasteiger charge is 2.05. The highest BCUT2D eigenvalue weighted by molar-refractivity contribution is 5.03. The third kappa shape index (κ3) is 4.33. The summed E-state index contributed by atoms with van der Waals surface area (Å²) in [5, 5.41) is 16.6. The fourth-order valence-corrected chi connectivity index (χ4v) is 1.57. The summed E-state index contributed by atoms with van der Waals surface area (Å²) in [5.74, 6) is 0.613. The molecular formula is C12H23N3O. The van der Waals surface area contributed by atoms with Crippen LogP contribution in [0.3, 0.4) is 0 Å². The van der Waals surface area contributed by atoms with E-state index in [1.165, 1.54) is 5.56 Å². The number of hydrogen-bond donors (Lipinski definition) is 2.